The van der Waals surface area contributed by atoms with Crippen LogP contribution < -0.4 is 4.90 Å². The average Bonchev–Trinajstić information content (AvgIpc) is 3.36. The summed E-state index contributed by atoms with van der Waals surface area (Å²) in [6.07, 6.45) is 0. The fourth-order valence-corrected chi connectivity index (χ4v) is 8.83. The maximum atomic E-state index is 2.42. The number of benzene rings is 10. The molecule has 1 aliphatic heterocycles. The highest BCUT2D eigenvalue weighted by Gasteiger charge is 2.26. The predicted octanol–water partition coefficient (Wildman–Crippen LogP) is 14.8. The smallest absolute Gasteiger partial charge is 0.0540 e. The third kappa shape index (κ3) is 4.58. The third-order valence-electron chi connectivity index (χ3n) is 11.2. The molecule has 0 atom stereocenters. The standard InChI is InChI=1S/C52H33N/c1-2-14-36(15-3-1)53-51-25-13-12-24-48(51)44-21-9-11-23-46(44)50-33-35(27-31-52(50)53)38-30-29-37(39-16-4-5-17-40(38)39)34-26-28-47-43-20-7-6-18-41(43)42-19-8-10-22-45(42)49(47)32-34/h1-33H. The van der Waals surface area contributed by atoms with Crippen molar-refractivity contribution in [2.75, 3.05) is 4.90 Å². The summed E-state index contributed by atoms with van der Waals surface area (Å²) >= 11 is 0. The summed E-state index contributed by atoms with van der Waals surface area (Å²) in [7, 11) is 0. The lowest BCUT2D eigenvalue weighted by molar-refractivity contribution is 1.29. The summed E-state index contributed by atoms with van der Waals surface area (Å²) in [6.45, 7) is 0. The normalized spacial score (nSPS) is 12.1. The third-order valence-corrected chi connectivity index (χ3v) is 11.2. The molecule has 0 saturated heterocycles. The van der Waals surface area contributed by atoms with Crippen LogP contribution in [0.5, 0.6) is 0 Å². The Morgan fingerprint density at radius 2 is 0.660 bits per heavy atom. The molecule has 1 aliphatic rings. The molecule has 0 N–H and O–H groups in total. The lowest BCUT2D eigenvalue weighted by atomic mass is 9.88. The van der Waals surface area contributed by atoms with Crippen molar-refractivity contribution in [2.45, 2.75) is 0 Å². The molecule has 0 saturated carbocycles. The van der Waals surface area contributed by atoms with E-state index in [4.69, 9.17) is 0 Å². The van der Waals surface area contributed by atoms with Gasteiger partial charge >= 0.3 is 0 Å². The summed E-state index contributed by atoms with van der Waals surface area (Å²) in [5.41, 5.74) is 13.4. The van der Waals surface area contributed by atoms with E-state index < -0.39 is 0 Å². The van der Waals surface area contributed by atoms with Gasteiger partial charge in [-0.1, -0.05) is 164 Å². The van der Waals surface area contributed by atoms with Gasteiger partial charge in [0.25, 0.3) is 0 Å². The van der Waals surface area contributed by atoms with Crippen LogP contribution in [0.1, 0.15) is 0 Å². The Bertz CT molecular complexity index is 3030. The number of hydrogen-bond acceptors (Lipinski definition) is 1. The van der Waals surface area contributed by atoms with Crippen molar-refractivity contribution < 1.29 is 0 Å². The molecule has 0 aromatic heterocycles. The first-order valence-corrected chi connectivity index (χ1v) is 18.4. The number of para-hydroxylation sites is 2. The van der Waals surface area contributed by atoms with Crippen molar-refractivity contribution in [3.05, 3.63) is 200 Å². The number of nitrogens with zero attached hydrogens (tertiary/aromatic N) is 1. The van der Waals surface area contributed by atoms with E-state index in [0.717, 1.165) is 5.69 Å². The van der Waals surface area contributed by atoms with Gasteiger partial charge in [0.05, 0.1) is 11.4 Å². The molecule has 0 aliphatic carbocycles. The number of fused-ring (bicyclic) bond motifs is 12. The summed E-state index contributed by atoms with van der Waals surface area (Å²) in [5.74, 6) is 0. The van der Waals surface area contributed by atoms with E-state index >= 15 is 0 Å². The van der Waals surface area contributed by atoms with Crippen LogP contribution in [-0.4, -0.2) is 0 Å². The van der Waals surface area contributed by atoms with Crippen molar-refractivity contribution in [2.24, 2.45) is 0 Å². The lowest BCUT2D eigenvalue weighted by Gasteiger charge is -2.27. The molecule has 0 bridgehead atoms. The van der Waals surface area contributed by atoms with Crippen molar-refractivity contribution in [3.63, 3.8) is 0 Å². The first kappa shape index (κ1) is 29.7. The second-order valence-electron chi connectivity index (χ2n) is 14.0. The second kappa shape index (κ2) is 11.8. The molecule has 1 heteroatoms. The molecule has 1 heterocycles. The topological polar surface area (TPSA) is 3.24 Å². The Hall–Kier alpha value is -6.96. The van der Waals surface area contributed by atoms with Crippen molar-refractivity contribution >= 4 is 60.2 Å². The molecular weight excluding hydrogens is 639 g/mol. The van der Waals surface area contributed by atoms with E-state index in [2.05, 4.69) is 205 Å². The van der Waals surface area contributed by atoms with Crippen LogP contribution in [0.2, 0.25) is 0 Å². The predicted molar refractivity (Wildman–Crippen MR) is 226 cm³/mol. The molecule has 0 unspecified atom stereocenters. The number of hydrogen-bond donors (Lipinski definition) is 0. The molecule has 10 aromatic carbocycles. The largest absolute Gasteiger partial charge is 0.309 e. The Morgan fingerprint density at radius 1 is 0.226 bits per heavy atom. The van der Waals surface area contributed by atoms with Crippen molar-refractivity contribution in [1.82, 2.24) is 0 Å². The summed E-state index contributed by atoms with van der Waals surface area (Å²) < 4.78 is 0. The first-order chi connectivity index (χ1) is 26.3. The average molecular weight is 672 g/mol. The van der Waals surface area contributed by atoms with E-state index in [1.807, 2.05) is 0 Å². The minimum atomic E-state index is 1.15. The van der Waals surface area contributed by atoms with Gasteiger partial charge in [-0.3, -0.25) is 0 Å². The van der Waals surface area contributed by atoms with Crippen molar-refractivity contribution in [1.29, 1.82) is 0 Å². The monoisotopic (exact) mass is 671 g/mol. The minimum absolute atomic E-state index is 1.15. The Balaban J connectivity index is 1.11. The quantitative estimate of drug-likeness (QED) is 0.169. The van der Waals surface area contributed by atoms with Crippen LogP contribution in [0.3, 0.4) is 0 Å². The minimum Gasteiger partial charge on any atom is -0.309 e. The SMILES string of the molecule is c1ccc(N2c3ccccc3-c3ccccc3-c3cc(-c4ccc(-c5ccc6c7ccccc7c7ccccc7c6c5)c5ccccc45)ccc32)cc1. The van der Waals surface area contributed by atoms with Gasteiger partial charge in [-0.25, -0.2) is 0 Å². The van der Waals surface area contributed by atoms with Crippen LogP contribution in [0.15, 0.2) is 200 Å². The van der Waals surface area contributed by atoms with Crippen LogP contribution in [-0.2, 0) is 0 Å². The molecule has 1 nitrogen and oxygen atoms in total. The van der Waals surface area contributed by atoms with Crippen LogP contribution >= 0.6 is 0 Å². The molecule has 53 heavy (non-hydrogen) atoms. The Kier molecular flexibility index (Phi) is 6.62. The number of anilines is 3. The molecule has 0 radical (unpaired) electrons. The van der Waals surface area contributed by atoms with Crippen molar-refractivity contribution in [3.8, 4) is 44.5 Å². The second-order valence-corrected chi connectivity index (χ2v) is 14.0. The Morgan fingerprint density at radius 3 is 1.30 bits per heavy atom. The van der Waals surface area contributed by atoms with Gasteiger partial charge in [-0.2, -0.15) is 0 Å². The fraction of sp³-hybridized carbons (Fsp3) is 0. The summed E-state index contributed by atoms with van der Waals surface area (Å²) in [4.78, 5) is 2.42. The molecule has 0 fully saturated rings. The zero-order chi connectivity index (χ0) is 34.9. The van der Waals surface area contributed by atoms with Crippen LogP contribution in [0.4, 0.5) is 17.1 Å². The lowest BCUT2D eigenvalue weighted by Crippen LogP contribution is -2.10. The van der Waals surface area contributed by atoms with Gasteiger partial charge in [0.15, 0.2) is 0 Å². The zero-order valence-electron chi connectivity index (χ0n) is 29.0. The van der Waals surface area contributed by atoms with Gasteiger partial charge in [0.2, 0.25) is 0 Å². The summed E-state index contributed by atoms with van der Waals surface area (Å²) in [5, 5.41) is 10.3. The van der Waals surface area contributed by atoms with Gasteiger partial charge < -0.3 is 4.90 Å². The van der Waals surface area contributed by atoms with Crippen LogP contribution in [0.25, 0.3) is 87.6 Å². The molecular formula is C52H33N. The van der Waals surface area contributed by atoms with Gasteiger partial charge in [-0.15, -0.1) is 0 Å². The molecule has 10 aromatic rings. The fourth-order valence-electron chi connectivity index (χ4n) is 8.83. The van der Waals surface area contributed by atoms with E-state index in [1.165, 1.54) is 99.0 Å². The van der Waals surface area contributed by atoms with E-state index in [-0.39, 0.29) is 0 Å². The highest BCUT2D eigenvalue weighted by atomic mass is 15.1. The van der Waals surface area contributed by atoms with E-state index in [0.29, 0.717) is 0 Å². The maximum Gasteiger partial charge on any atom is 0.0540 e. The molecule has 0 spiro atoms. The van der Waals surface area contributed by atoms with Gasteiger partial charge in [-0.05, 0) is 113 Å². The maximum absolute atomic E-state index is 2.42. The highest BCUT2D eigenvalue weighted by Crippen LogP contribution is 2.52. The zero-order valence-corrected chi connectivity index (χ0v) is 29.0. The molecule has 11 rings (SSSR count). The summed E-state index contributed by atoms with van der Waals surface area (Å²) in [6, 6.07) is 73.6. The first-order valence-electron chi connectivity index (χ1n) is 18.4. The van der Waals surface area contributed by atoms with E-state index in [1.54, 1.807) is 0 Å². The van der Waals surface area contributed by atoms with Crippen LogP contribution in [0, 0.1) is 0 Å². The van der Waals surface area contributed by atoms with E-state index in [9.17, 15) is 0 Å². The Labute approximate surface area is 308 Å². The van der Waals surface area contributed by atoms with Gasteiger partial charge in [0.1, 0.15) is 0 Å². The molecule has 246 valence electrons. The number of rotatable bonds is 3. The molecule has 0 amide bonds. The highest BCUT2D eigenvalue weighted by molar-refractivity contribution is 6.26. The van der Waals surface area contributed by atoms with Gasteiger partial charge in [0, 0.05) is 16.8 Å².